The Balaban J connectivity index is 1.89. The molecule has 0 amide bonds. The molecule has 0 saturated carbocycles. The number of hydrogen-bond acceptors (Lipinski definition) is 2. The molecule has 3 rings (SSSR count). The lowest BCUT2D eigenvalue weighted by Crippen LogP contribution is -2.19. The number of hydrogen-bond donors (Lipinski definition) is 0. The summed E-state index contributed by atoms with van der Waals surface area (Å²) in [6.45, 7) is 0. The molecule has 3 aromatic rings. The Hall–Kier alpha value is -3.66. The van der Waals surface area contributed by atoms with E-state index in [9.17, 15) is 18.4 Å². The summed E-state index contributed by atoms with van der Waals surface area (Å²) in [7, 11) is 0. The normalized spacial score (nSPS) is 11.4. The van der Waals surface area contributed by atoms with Crippen LogP contribution in [0, 0.1) is 11.6 Å². The zero-order valence-corrected chi connectivity index (χ0v) is 15.5. The predicted octanol–water partition coefficient (Wildman–Crippen LogP) is 5.61. The van der Waals surface area contributed by atoms with E-state index in [1.165, 1.54) is 48.6 Å². The Kier molecular flexibility index (Phi) is 6.59. The summed E-state index contributed by atoms with van der Waals surface area (Å²) >= 11 is 0. The molecule has 0 bridgehead atoms. The van der Waals surface area contributed by atoms with Crippen molar-refractivity contribution in [2.75, 3.05) is 0 Å². The number of rotatable bonds is 7. The van der Waals surface area contributed by atoms with E-state index < -0.39 is 29.1 Å². The Bertz CT molecular complexity index is 1000. The molecule has 0 spiro atoms. The van der Waals surface area contributed by atoms with E-state index in [-0.39, 0.29) is 11.1 Å². The average molecular weight is 388 g/mol. The van der Waals surface area contributed by atoms with Gasteiger partial charge in [0.2, 0.25) is 0 Å². The minimum Gasteiger partial charge on any atom is -0.294 e. The molecule has 3 aromatic carbocycles. The van der Waals surface area contributed by atoms with Crippen molar-refractivity contribution in [2.45, 2.75) is 5.92 Å². The van der Waals surface area contributed by atoms with Crippen LogP contribution in [0.5, 0.6) is 0 Å². The summed E-state index contributed by atoms with van der Waals surface area (Å²) in [4.78, 5) is 25.6. The van der Waals surface area contributed by atoms with Gasteiger partial charge in [-0.15, -0.1) is 0 Å². The van der Waals surface area contributed by atoms with Crippen molar-refractivity contribution in [3.8, 4) is 0 Å². The van der Waals surface area contributed by atoms with E-state index in [0.29, 0.717) is 5.56 Å². The van der Waals surface area contributed by atoms with Crippen LogP contribution in [0.2, 0.25) is 0 Å². The van der Waals surface area contributed by atoms with Crippen LogP contribution in [-0.4, -0.2) is 11.6 Å². The minimum atomic E-state index is -1.10. The van der Waals surface area contributed by atoms with E-state index in [0.717, 1.165) is 0 Å². The predicted molar refractivity (Wildman–Crippen MR) is 110 cm³/mol. The first-order valence-corrected chi connectivity index (χ1v) is 9.04. The summed E-state index contributed by atoms with van der Waals surface area (Å²) in [6, 6.07) is 20.7. The molecule has 144 valence electrons. The van der Waals surface area contributed by atoms with Crippen LogP contribution in [-0.2, 0) is 9.59 Å². The second-order valence-electron chi connectivity index (χ2n) is 6.36. The SMILES string of the molecule is O=C(/C=C/c1ccccc1F)C(C(=O)/C=C/c1ccccc1F)c1ccccc1. The van der Waals surface area contributed by atoms with Gasteiger partial charge < -0.3 is 0 Å². The molecule has 2 nitrogen and oxygen atoms in total. The molecule has 0 fully saturated rings. The summed E-state index contributed by atoms with van der Waals surface area (Å²) in [6.07, 6.45) is 5.10. The summed E-state index contributed by atoms with van der Waals surface area (Å²) in [5.41, 5.74) is 1.02. The first-order chi connectivity index (χ1) is 14.1. The van der Waals surface area contributed by atoms with E-state index in [1.54, 1.807) is 54.6 Å². The molecule has 0 aliphatic carbocycles. The van der Waals surface area contributed by atoms with Gasteiger partial charge in [-0.1, -0.05) is 66.7 Å². The van der Waals surface area contributed by atoms with Gasteiger partial charge in [0, 0.05) is 11.1 Å². The van der Waals surface area contributed by atoms with Crippen LogP contribution in [0.3, 0.4) is 0 Å². The molecule has 0 N–H and O–H groups in total. The van der Waals surface area contributed by atoms with Gasteiger partial charge >= 0.3 is 0 Å². The Labute approximate surface area is 167 Å². The molecule has 0 unspecified atom stereocenters. The lowest BCUT2D eigenvalue weighted by molar-refractivity contribution is -0.124. The zero-order valence-electron chi connectivity index (χ0n) is 15.5. The first-order valence-electron chi connectivity index (χ1n) is 9.04. The molecule has 0 atom stereocenters. The van der Waals surface area contributed by atoms with E-state index in [4.69, 9.17) is 0 Å². The molecule has 0 aliphatic heterocycles. The number of halogens is 2. The van der Waals surface area contributed by atoms with Crippen molar-refractivity contribution in [3.05, 3.63) is 119 Å². The van der Waals surface area contributed by atoms with Crippen LogP contribution in [0.15, 0.2) is 91.0 Å². The Morgan fingerprint density at radius 1 is 0.621 bits per heavy atom. The summed E-state index contributed by atoms with van der Waals surface area (Å²) in [5.74, 6) is -2.98. The Morgan fingerprint density at radius 2 is 1.03 bits per heavy atom. The monoisotopic (exact) mass is 388 g/mol. The van der Waals surface area contributed by atoms with E-state index >= 15 is 0 Å². The van der Waals surface area contributed by atoms with Crippen molar-refractivity contribution in [3.63, 3.8) is 0 Å². The quantitative estimate of drug-likeness (QED) is 0.389. The maximum Gasteiger partial charge on any atom is 0.170 e. The smallest absolute Gasteiger partial charge is 0.170 e. The summed E-state index contributed by atoms with van der Waals surface area (Å²) < 4.78 is 27.6. The topological polar surface area (TPSA) is 34.1 Å². The minimum absolute atomic E-state index is 0.252. The van der Waals surface area contributed by atoms with Gasteiger partial charge in [-0.05, 0) is 42.0 Å². The van der Waals surface area contributed by atoms with Crippen molar-refractivity contribution in [1.29, 1.82) is 0 Å². The van der Waals surface area contributed by atoms with Gasteiger partial charge in [0.05, 0.1) is 0 Å². The molecule has 0 saturated heterocycles. The van der Waals surface area contributed by atoms with Crippen LogP contribution < -0.4 is 0 Å². The van der Waals surface area contributed by atoms with Gasteiger partial charge in [0.25, 0.3) is 0 Å². The molecule has 0 aliphatic rings. The van der Waals surface area contributed by atoms with Gasteiger partial charge in [-0.2, -0.15) is 0 Å². The third-order valence-corrected chi connectivity index (χ3v) is 4.37. The molecule has 0 aromatic heterocycles. The fourth-order valence-electron chi connectivity index (χ4n) is 2.87. The third-order valence-electron chi connectivity index (χ3n) is 4.37. The average Bonchev–Trinajstić information content (AvgIpc) is 2.73. The van der Waals surface area contributed by atoms with Gasteiger partial charge in [-0.3, -0.25) is 9.59 Å². The highest BCUT2D eigenvalue weighted by molar-refractivity contribution is 6.17. The van der Waals surface area contributed by atoms with Crippen LogP contribution in [0.1, 0.15) is 22.6 Å². The lowest BCUT2D eigenvalue weighted by Gasteiger charge is -2.11. The molecule has 0 heterocycles. The number of carbonyl (C=O) groups is 2. The third kappa shape index (κ3) is 5.20. The zero-order chi connectivity index (χ0) is 20.6. The highest BCUT2D eigenvalue weighted by Gasteiger charge is 2.24. The Morgan fingerprint density at radius 3 is 1.48 bits per heavy atom. The maximum atomic E-state index is 13.8. The lowest BCUT2D eigenvalue weighted by atomic mass is 9.89. The van der Waals surface area contributed by atoms with Crippen molar-refractivity contribution in [1.82, 2.24) is 0 Å². The molecular formula is C25H18F2O2. The highest BCUT2D eigenvalue weighted by atomic mass is 19.1. The molecule has 29 heavy (non-hydrogen) atoms. The molecule has 0 radical (unpaired) electrons. The molecular weight excluding hydrogens is 370 g/mol. The number of benzene rings is 3. The first kappa shape index (κ1) is 20.1. The molecule has 4 heteroatoms. The standard InChI is InChI=1S/C25H18F2O2/c26-21-12-6-4-8-18(21)14-16-23(28)25(20-10-2-1-3-11-20)24(29)17-15-19-9-5-7-13-22(19)27/h1-17,25H/b16-14+,17-15+. The fraction of sp³-hybridized carbons (Fsp3) is 0.0400. The van der Waals surface area contributed by atoms with Gasteiger partial charge in [-0.25, -0.2) is 8.78 Å². The van der Waals surface area contributed by atoms with Crippen LogP contribution in [0.25, 0.3) is 12.2 Å². The van der Waals surface area contributed by atoms with Gasteiger partial charge in [0.1, 0.15) is 17.6 Å². The van der Waals surface area contributed by atoms with E-state index in [1.807, 2.05) is 0 Å². The number of carbonyl (C=O) groups excluding carboxylic acids is 2. The second kappa shape index (κ2) is 9.51. The number of ketones is 2. The van der Waals surface area contributed by atoms with Gasteiger partial charge in [0.15, 0.2) is 11.6 Å². The maximum absolute atomic E-state index is 13.8. The van der Waals surface area contributed by atoms with Crippen LogP contribution >= 0.6 is 0 Å². The van der Waals surface area contributed by atoms with Crippen molar-refractivity contribution < 1.29 is 18.4 Å². The number of allylic oxidation sites excluding steroid dienone is 2. The van der Waals surface area contributed by atoms with Crippen molar-refractivity contribution >= 4 is 23.7 Å². The fourth-order valence-corrected chi connectivity index (χ4v) is 2.87. The summed E-state index contributed by atoms with van der Waals surface area (Å²) in [5, 5.41) is 0. The second-order valence-corrected chi connectivity index (χ2v) is 6.36. The highest BCUT2D eigenvalue weighted by Crippen LogP contribution is 2.21. The van der Waals surface area contributed by atoms with Crippen LogP contribution in [0.4, 0.5) is 8.78 Å². The van der Waals surface area contributed by atoms with Crippen molar-refractivity contribution in [2.24, 2.45) is 0 Å². The van der Waals surface area contributed by atoms with E-state index in [2.05, 4.69) is 0 Å². The largest absolute Gasteiger partial charge is 0.294 e.